The van der Waals surface area contributed by atoms with E-state index < -0.39 is 26.0 Å². The van der Waals surface area contributed by atoms with Gasteiger partial charge in [-0.1, -0.05) is 6.92 Å². The molecule has 4 N–H and O–H groups in total. The highest BCUT2D eigenvalue weighted by Crippen LogP contribution is 2.00. The van der Waals surface area contributed by atoms with Crippen LogP contribution in [0.1, 0.15) is 6.92 Å². The number of nitrogens with two attached hydrogens (primary N) is 2. The molecule has 0 heterocycles. The zero-order valence-electron chi connectivity index (χ0n) is 6.60. The van der Waals surface area contributed by atoms with Gasteiger partial charge in [0, 0.05) is 0 Å². The molecule has 0 aliphatic heterocycles. The number of primary sulfonamides is 2. The van der Waals surface area contributed by atoms with Crippen LogP contribution in [-0.4, -0.2) is 28.3 Å². The minimum atomic E-state index is -3.62. The lowest BCUT2D eigenvalue weighted by molar-refractivity contribution is 0.572. The summed E-state index contributed by atoms with van der Waals surface area (Å²) in [5.41, 5.74) is 0. The number of sulfonamides is 2. The topological polar surface area (TPSA) is 120 Å². The summed E-state index contributed by atoms with van der Waals surface area (Å²) in [5, 5.41) is 9.38. The van der Waals surface area contributed by atoms with Gasteiger partial charge in [-0.15, -0.1) is 0 Å². The Hall–Kier alpha value is -0.180. The highest BCUT2D eigenvalue weighted by molar-refractivity contribution is 7.90. The number of hydrogen-bond acceptors (Lipinski definition) is 4. The predicted molar refractivity (Wildman–Crippen MR) is 45.1 cm³/mol. The summed E-state index contributed by atoms with van der Waals surface area (Å²) in [4.78, 5) is 0. The van der Waals surface area contributed by atoms with Crippen molar-refractivity contribution < 1.29 is 16.8 Å². The van der Waals surface area contributed by atoms with Gasteiger partial charge in [-0.25, -0.2) is 27.1 Å². The highest BCUT2D eigenvalue weighted by Gasteiger charge is 2.16. The van der Waals surface area contributed by atoms with Crippen LogP contribution >= 0.6 is 0 Å². The molecule has 0 bridgehead atoms. The van der Waals surface area contributed by atoms with Crippen molar-refractivity contribution in [2.24, 2.45) is 16.2 Å². The van der Waals surface area contributed by atoms with E-state index in [9.17, 15) is 16.8 Å². The van der Waals surface area contributed by atoms with E-state index in [0.717, 1.165) is 0 Å². The Morgan fingerprint density at radius 3 is 1.42 bits per heavy atom. The van der Waals surface area contributed by atoms with Crippen molar-refractivity contribution >= 4 is 20.0 Å². The molecule has 0 rings (SSSR count). The third-order valence-electron chi connectivity index (χ3n) is 1.03. The Labute approximate surface area is 72.0 Å². The normalized spacial score (nSPS) is 13.7. The van der Waals surface area contributed by atoms with Crippen LogP contribution in [0.5, 0.6) is 0 Å². The molecule has 0 unspecified atom stereocenters. The zero-order valence-corrected chi connectivity index (χ0v) is 8.23. The lowest BCUT2D eigenvalue weighted by atomic mass is 10.3. The average Bonchev–Trinajstić information content (AvgIpc) is 1.49. The molecular weight excluding hydrogens is 204 g/mol. The van der Waals surface area contributed by atoms with Crippen LogP contribution in [0.25, 0.3) is 0 Å². The summed E-state index contributed by atoms with van der Waals surface area (Å²) >= 11 is 0. The van der Waals surface area contributed by atoms with Gasteiger partial charge < -0.3 is 0 Å². The Morgan fingerprint density at radius 1 is 1.00 bits per heavy atom. The summed E-state index contributed by atoms with van der Waals surface area (Å²) in [7, 11) is -7.23. The summed E-state index contributed by atoms with van der Waals surface area (Å²) in [5.74, 6) is -1.32. The molecule has 0 aliphatic carbocycles. The van der Waals surface area contributed by atoms with Gasteiger partial charge in [0.2, 0.25) is 20.0 Å². The van der Waals surface area contributed by atoms with Crippen LogP contribution in [0.2, 0.25) is 0 Å². The molecular formula is C4H12N2O4S2. The van der Waals surface area contributed by atoms with E-state index in [0.29, 0.717) is 0 Å². The molecule has 0 aromatic rings. The van der Waals surface area contributed by atoms with Crippen molar-refractivity contribution in [2.75, 3.05) is 11.5 Å². The van der Waals surface area contributed by atoms with E-state index in [1.54, 1.807) is 0 Å². The van der Waals surface area contributed by atoms with E-state index in [1.165, 1.54) is 6.92 Å². The van der Waals surface area contributed by atoms with Crippen molar-refractivity contribution in [3.8, 4) is 0 Å². The van der Waals surface area contributed by atoms with Crippen molar-refractivity contribution in [1.29, 1.82) is 0 Å². The minimum absolute atomic E-state index is 0.372. The maximum absolute atomic E-state index is 10.5. The van der Waals surface area contributed by atoms with Gasteiger partial charge in [-0.2, -0.15) is 0 Å². The Balaban J connectivity index is 4.19. The van der Waals surface area contributed by atoms with Gasteiger partial charge in [0.1, 0.15) is 0 Å². The Bertz CT molecular complexity index is 296. The van der Waals surface area contributed by atoms with Gasteiger partial charge in [-0.05, 0) is 5.92 Å². The molecule has 0 amide bonds. The van der Waals surface area contributed by atoms with E-state index in [1.807, 2.05) is 0 Å². The fourth-order valence-electron chi connectivity index (χ4n) is 0.841. The fraction of sp³-hybridized carbons (Fsp3) is 1.00. The molecule has 12 heavy (non-hydrogen) atoms. The van der Waals surface area contributed by atoms with Crippen molar-refractivity contribution in [1.82, 2.24) is 0 Å². The summed E-state index contributed by atoms with van der Waals surface area (Å²) < 4.78 is 41.9. The number of hydrogen-bond donors (Lipinski definition) is 2. The minimum Gasteiger partial charge on any atom is -0.229 e. The summed E-state index contributed by atoms with van der Waals surface area (Å²) in [6.45, 7) is 1.45. The predicted octanol–water partition coefficient (Wildman–Crippen LogP) is -1.80. The second-order valence-corrected chi connectivity index (χ2v) is 6.08. The molecule has 0 fully saturated rings. The Kier molecular flexibility index (Phi) is 3.63. The highest BCUT2D eigenvalue weighted by atomic mass is 32.2. The first-order valence-corrected chi connectivity index (χ1v) is 6.54. The standard InChI is InChI=1S/C4H12N2O4S2/c1-4(2-11(5,7)8)3-12(6,9)10/h4H,2-3H2,1H3,(H2,5,7,8)(H2,6,9,10). The second kappa shape index (κ2) is 3.69. The van der Waals surface area contributed by atoms with E-state index in [-0.39, 0.29) is 11.5 Å². The van der Waals surface area contributed by atoms with Gasteiger partial charge >= 0.3 is 0 Å². The van der Waals surface area contributed by atoms with E-state index >= 15 is 0 Å². The van der Waals surface area contributed by atoms with Crippen molar-refractivity contribution in [3.05, 3.63) is 0 Å². The molecule has 0 aromatic carbocycles. The van der Waals surface area contributed by atoms with Crippen LogP contribution in [0.3, 0.4) is 0 Å². The SMILES string of the molecule is CC(CS(N)(=O)=O)CS(N)(=O)=O. The lowest BCUT2D eigenvalue weighted by Gasteiger charge is -2.06. The van der Waals surface area contributed by atoms with E-state index in [4.69, 9.17) is 10.3 Å². The van der Waals surface area contributed by atoms with Gasteiger partial charge in [0.25, 0.3) is 0 Å². The molecule has 0 saturated carbocycles. The molecule has 74 valence electrons. The largest absolute Gasteiger partial charge is 0.229 e. The average molecular weight is 216 g/mol. The first-order valence-electron chi connectivity index (χ1n) is 3.11. The van der Waals surface area contributed by atoms with Gasteiger partial charge in [-0.3, -0.25) is 0 Å². The molecule has 8 heteroatoms. The van der Waals surface area contributed by atoms with Gasteiger partial charge in [0.15, 0.2) is 0 Å². The number of rotatable bonds is 4. The third kappa shape index (κ3) is 7.92. The molecule has 0 saturated heterocycles. The van der Waals surface area contributed by atoms with Crippen LogP contribution in [0.4, 0.5) is 0 Å². The van der Waals surface area contributed by atoms with Crippen LogP contribution in [-0.2, 0) is 20.0 Å². The quantitative estimate of drug-likeness (QED) is 0.575. The third-order valence-corrected chi connectivity index (χ3v) is 3.10. The molecule has 0 spiro atoms. The molecule has 0 aromatic heterocycles. The van der Waals surface area contributed by atoms with Crippen LogP contribution in [0.15, 0.2) is 0 Å². The molecule has 6 nitrogen and oxygen atoms in total. The zero-order chi connectivity index (χ0) is 9.99. The first kappa shape index (κ1) is 11.8. The van der Waals surface area contributed by atoms with Crippen LogP contribution < -0.4 is 10.3 Å². The monoisotopic (exact) mass is 216 g/mol. The fourth-order valence-corrected chi connectivity index (χ4v) is 2.81. The van der Waals surface area contributed by atoms with Crippen LogP contribution in [0, 0.1) is 5.92 Å². The maximum atomic E-state index is 10.5. The first-order chi connectivity index (χ1) is 5.10. The van der Waals surface area contributed by atoms with Gasteiger partial charge in [0.05, 0.1) is 11.5 Å². The maximum Gasteiger partial charge on any atom is 0.209 e. The molecule has 0 radical (unpaired) electrons. The Morgan fingerprint density at radius 2 is 1.25 bits per heavy atom. The molecule has 0 aliphatic rings. The van der Waals surface area contributed by atoms with Crippen molar-refractivity contribution in [2.45, 2.75) is 6.92 Å². The molecule has 0 atom stereocenters. The van der Waals surface area contributed by atoms with E-state index in [2.05, 4.69) is 0 Å². The summed E-state index contributed by atoms with van der Waals surface area (Å²) in [6, 6.07) is 0. The lowest BCUT2D eigenvalue weighted by Crippen LogP contribution is -2.28. The summed E-state index contributed by atoms with van der Waals surface area (Å²) in [6.07, 6.45) is 0. The smallest absolute Gasteiger partial charge is 0.209 e. The van der Waals surface area contributed by atoms with Crippen molar-refractivity contribution in [3.63, 3.8) is 0 Å². The second-order valence-electron chi connectivity index (χ2n) is 2.76.